The summed E-state index contributed by atoms with van der Waals surface area (Å²) >= 11 is 0. The molecular weight excluding hydrogens is 370 g/mol. The van der Waals surface area contributed by atoms with E-state index in [9.17, 15) is 0 Å². The van der Waals surface area contributed by atoms with Gasteiger partial charge in [0.15, 0.2) is 0 Å². The number of fused-ring (bicyclic) bond motifs is 2. The standard InChI is InChI=1S/C26H31N3O/c1-4-17(2)18-10-12-23-22(16-18)20(8-5-6-14-27)25(29-23)21-11-13-24(30-3)26-19(21)9-7-15-28-26/h7,9-13,15-17,29H,4-6,8,14,27H2,1-3H3. The minimum Gasteiger partial charge on any atom is -0.494 e. The molecule has 0 radical (unpaired) electrons. The molecule has 0 bridgehead atoms. The maximum atomic E-state index is 5.79. The van der Waals surface area contributed by atoms with Crippen LogP contribution in [0.5, 0.6) is 5.75 Å². The van der Waals surface area contributed by atoms with Gasteiger partial charge in [0.25, 0.3) is 0 Å². The Kier molecular flexibility index (Phi) is 6.05. The number of ether oxygens (including phenoxy) is 1. The van der Waals surface area contributed by atoms with Crippen molar-refractivity contribution in [3.8, 4) is 17.0 Å². The number of unbranched alkanes of at least 4 members (excludes halogenated alkanes) is 1. The number of pyridine rings is 1. The first-order valence-electron chi connectivity index (χ1n) is 10.9. The molecule has 4 rings (SSSR count). The number of nitrogens with zero attached hydrogens (tertiary/aromatic N) is 1. The van der Waals surface area contributed by atoms with E-state index in [2.05, 4.69) is 54.1 Å². The zero-order valence-corrected chi connectivity index (χ0v) is 18.2. The molecule has 1 unspecified atom stereocenters. The number of hydrogen-bond acceptors (Lipinski definition) is 3. The van der Waals surface area contributed by atoms with Crippen LogP contribution < -0.4 is 10.5 Å². The van der Waals surface area contributed by atoms with E-state index in [1.54, 1.807) is 7.11 Å². The lowest BCUT2D eigenvalue weighted by Gasteiger charge is -2.11. The Bertz CT molecular complexity index is 1160. The number of aromatic amines is 1. The Morgan fingerprint density at radius 1 is 1.10 bits per heavy atom. The second-order valence-corrected chi connectivity index (χ2v) is 8.05. The highest BCUT2D eigenvalue weighted by Gasteiger charge is 2.18. The van der Waals surface area contributed by atoms with Crippen molar-refractivity contribution < 1.29 is 4.74 Å². The molecule has 2 aromatic carbocycles. The lowest BCUT2D eigenvalue weighted by molar-refractivity contribution is 0.419. The molecule has 3 N–H and O–H groups in total. The highest BCUT2D eigenvalue weighted by Crippen LogP contribution is 2.38. The third-order valence-corrected chi connectivity index (χ3v) is 6.21. The number of nitrogens with one attached hydrogen (secondary N) is 1. The average molecular weight is 402 g/mol. The van der Waals surface area contributed by atoms with Gasteiger partial charge in [0.05, 0.1) is 12.8 Å². The molecule has 0 aliphatic heterocycles. The number of nitrogens with two attached hydrogens (primary N) is 1. The second-order valence-electron chi connectivity index (χ2n) is 8.05. The molecule has 0 saturated carbocycles. The fraction of sp³-hybridized carbons (Fsp3) is 0.346. The predicted octanol–water partition coefficient (Wildman–Crippen LogP) is 6.19. The minimum absolute atomic E-state index is 0.552. The molecule has 0 spiro atoms. The molecule has 0 aliphatic rings. The van der Waals surface area contributed by atoms with Crippen molar-refractivity contribution in [2.45, 2.75) is 45.4 Å². The van der Waals surface area contributed by atoms with Gasteiger partial charge in [-0.3, -0.25) is 4.98 Å². The van der Waals surface area contributed by atoms with Gasteiger partial charge in [-0.1, -0.05) is 26.0 Å². The van der Waals surface area contributed by atoms with Crippen molar-refractivity contribution in [3.63, 3.8) is 0 Å². The molecule has 2 aromatic heterocycles. The van der Waals surface area contributed by atoms with Gasteiger partial charge in [-0.2, -0.15) is 0 Å². The number of aryl methyl sites for hydroxylation is 1. The molecule has 4 nitrogen and oxygen atoms in total. The van der Waals surface area contributed by atoms with Crippen molar-refractivity contribution in [2.24, 2.45) is 5.73 Å². The molecule has 156 valence electrons. The van der Waals surface area contributed by atoms with Crippen molar-refractivity contribution in [3.05, 3.63) is 59.8 Å². The normalized spacial score (nSPS) is 12.5. The third-order valence-electron chi connectivity index (χ3n) is 6.21. The number of aromatic nitrogens is 2. The van der Waals surface area contributed by atoms with Crippen LogP contribution in [0.4, 0.5) is 0 Å². The zero-order chi connectivity index (χ0) is 21.1. The number of methoxy groups -OCH3 is 1. The smallest absolute Gasteiger partial charge is 0.145 e. The highest BCUT2D eigenvalue weighted by atomic mass is 16.5. The van der Waals surface area contributed by atoms with E-state index in [0.717, 1.165) is 48.9 Å². The predicted molar refractivity (Wildman–Crippen MR) is 126 cm³/mol. The van der Waals surface area contributed by atoms with E-state index in [1.165, 1.54) is 33.3 Å². The van der Waals surface area contributed by atoms with Crippen LogP contribution in [-0.2, 0) is 6.42 Å². The van der Waals surface area contributed by atoms with E-state index in [4.69, 9.17) is 10.5 Å². The molecule has 0 aliphatic carbocycles. The van der Waals surface area contributed by atoms with Gasteiger partial charge < -0.3 is 15.5 Å². The van der Waals surface area contributed by atoms with Crippen LogP contribution in [0.2, 0.25) is 0 Å². The zero-order valence-electron chi connectivity index (χ0n) is 18.2. The number of H-pyrrole nitrogens is 1. The summed E-state index contributed by atoms with van der Waals surface area (Å²) in [6, 6.07) is 15.2. The molecule has 0 saturated heterocycles. The van der Waals surface area contributed by atoms with Crippen molar-refractivity contribution >= 4 is 21.8 Å². The Balaban J connectivity index is 1.94. The summed E-state index contributed by atoms with van der Waals surface area (Å²) in [6.45, 7) is 5.27. The quantitative estimate of drug-likeness (QED) is 0.346. The van der Waals surface area contributed by atoms with Crippen LogP contribution >= 0.6 is 0 Å². The first kappa shape index (κ1) is 20.4. The summed E-state index contributed by atoms with van der Waals surface area (Å²) in [5, 5.41) is 2.43. The van der Waals surface area contributed by atoms with Gasteiger partial charge in [-0.15, -0.1) is 0 Å². The summed E-state index contributed by atoms with van der Waals surface area (Å²) < 4.78 is 5.55. The Hall–Kier alpha value is -2.85. The number of rotatable bonds is 8. The van der Waals surface area contributed by atoms with Gasteiger partial charge in [0.1, 0.15) is 11.3 Å². The van der Waals surface area contributed by atoms with Gasteiger partial charge in [-0.05, 0) is 79.6 Å². The number of benzene rings is 2. The van der Waals surface area contributed by atoms with E-state index in [1.807, 2.05) is 18.3 Å². The fourth-order valence-corrected chi connectivity index (χ4v) is 4.27. The maximum absolute atomic E-state index is 5.79. The summed E-state index contributed by atoms with van der Waals surface area (Å²) in [5.74, 6) is 1.35. The first-order chi connectivity index (χ1) is 14.7. The van der Waals surface area contributed by atoms with Gasteiger partial charge in [0.2, 0.25) is 0 Å². The van der Waals surface area contributed by atoms with Crippen LogP contribution in [0, 0.1) is 0 Å². The van der Waals surface area contributed by atoms with E-state index >= 15 is 0 Å². The lowest BCUT2D eigenvalue weighted by Crippen LogP contribution is -1.99. The largest absolute Gasteiger partial charge is 0.494 e. The lowest BCUT2D eigenvalue weighted by atomic mass is 9.94. The molecule has 4 heteroatoms. The minimum atomic E-state index is 0.552. The third kappa shape index (κ3) is 3.68. The monoisotopic (exact) mass is 401 g/mol. The molecule has 2 heterocycles. The molecule has 4 aromatic rings. The van der Waals surface area contributed by atoms with Crippen molar-refractivity contribution in [2.75, 3.05) is 13.7 Å². The Morgan fingerprint density at radius 2 is 1.97 bits per heavy atom. The molecule has 1 atom stereocenters. The summed E-state index contributed by atoms with van der Waals surface area (Å²) in [6.07, 6.45) is 6.07. The molecular formula is C26H31N3O. The molecule has 0 fully saturated rings. The topological polar surface area (TPSA) is 63.9 Å². The van der Waals surface area contributed by atoms with Crippen LogP contribution in [-0.4, -0.2) is 23.6 Å². The SMILES string of the molecule is CCC(C)c1ccc2[nH]c(-c3ccc(OC)c4ncccc34)c(CCCCN)c2c1. The summed E-state index contributed by atoms with van der Waals surface area (Å²) in [4.78, 5) is 8.31. The van der Waals surface area contributed by atoms with Gasteiger partial charge in [0, 0.05) is 28.0 Å². The van der Waals surface area contributed by atoms with Gasteiger partial charge in [-0.25, -0.2) is 0 Å². The van der Waals surface area contributed by atoms with E-state index in [-0.39, 0.29) is 0 Å². The van der Waals surface area contributed by atoms with Gasteiger partial charge >= 0.3 is 0 Å². The van der Waals surface area contributed by atoms with Crippen LogP contribution in [0.1, 0.15) is 50.2 Å². The van der Waals surface area contributed by atoms with E-state index < -0.39 is 0 Å². The first-order valence-corrected chi connectivity index (χ1v) is 10.9. The average Bonchev–Trinajstić information content (AvgIpc) is 3.15. The highest BCUT2D eigenvalue weighted by molar-refractivity contribution is 6.01. The van der Waals surface area contributed by atoms with Crippen LogP contribution in [0.3, 0.4) is 0 Å². The van der Waals surface area contributed by atoms with Crippen LogP contribution in [0.15, 0.2) is 48.7 Å². The fourth-order valence-electron chi connectivity index (χ4n) is 4.27. The maximum Gasteiger partial charge on any atom is 0.145 e. The summed E-state index contributed by atoms with van der Waals surface area (Å²) in [5.41, 5.74) is 13.0. The molecule has 0 amide bonds. The Morgan fingerprint density at radius 3 is 2.73 bits per heavy atom. The number of hydrogen-bond donors (Lipinski definition) is 2. The molecule has 30 heavy (non-hydrogen) atoms. The van der Waals surface area contributed by atoms with Crippen LogP contribution in [0.25, 0.3) is 33.1 Å². The van der Waals surface area contributed by atoms with Crippen molar-refractivity contribution in [1.29, 1.82) is 0 Å². The summed E-state index contributed by atoms with van der Waals surface area (Å²) in [7, 11) is 1.70. The van der Waals surface area contributed by atoms with Crippen molar-refractivity contribution in [1.82, 2.24) is 9.97 Å². The Labute approximate surface area is 178 Å². The second kappa shape index (κ2) is 8.88. The van der Waals surface area contributed by atoms with E-state index in [0.29, 0.717) is 5.92 Å².